The molecule has 0 aromatic heterocycles. The number of esters is 4. The summed E-state index contributed by atoms with van der Waals surface area (Å²) in [4.78, 5) is 48.5. The molecule has 120 valence electrons. The van der Waals surface area contributed by atoms with Crippen molar-refractivity contribution >= 4 is 23.9 Å². The lowest BCUT2D eigenvalue weighted by Crippen LogP contribution is -2.56. The molecule has 6 nitrogen and oxygen atoms in total. The van der Waals surface area contributed by atoms with E-state index < -0.39 is 0 Å². The second-order valence-corrected chi connectivity index (χ2v) is 8.21. The number of fused-ring (bicyclic) bond motifs is 6. The van der Waals surface area contributed by atoms with Crippen LogP contribution in [0.2, 0.25) is 0 Å². The summed E-state index contributed by atoms with van der Waals surface area (Å²) in [5.41, 5.74) is 0. The van der Waals surface area contributed by atoms with Crippen LogP contribution in [0, 0.1) is 59.2 Å². The molecule has 2 unspecified atom stereocenters. The fraction of sp³-hybridized carbons (Fsp3) is 0.765. The van der Waals surface area contributed by atoms with Gasteiger partial charge in [0.2, 0.25) is 0 Å². The van der Waals surface area contributed by atoms with Crippen molar-refractivity contribution < 1.29 is 28.7 Å². The Kier molecular flexibility index (Phi) is 2.03. The van der Waals surface area contributed by atoms with Crippen molar-refractivity contribution in [3.05, 3.63) is 0 Å². The van der Waals surface area contributed by atoms with Crippen LogP contribution < -0.4 is 0 Å². The first-order valence-corrected chi connectivity index (χ1v) is 8.59. The molecule has 5 aliphatic carbocycles. The predicted octanol–water partition coefficient (Wildman–Crippen LogP) is 0.540. The van der Waals surface area contributed by atoms with Crippen LogP contribution in [0.4, 0.5) is 0 Å². The maximum Gasteiger partial charge on any atom is 0.317 e. The SMILES string of the molecule is O=C1OC(=O)[C@H]2[C@@H]1[C@H]1CC[C@@H]2C2C1[C@H]1C[C@@H]2[C@@H]2C(=O)OC(=O)[C@@H]21. The number of hydrogen-bond donors (Lipinski definition) is 0. The Morgan fingerprint density at radius 2 is 0.913 bits per heavy atom. The first kappa shape index (κ1) is 12.7. The molecule has 2 heterocycles. The maximum atomic E-state index is 12.2. The third-order valence-electron chi connectivity index (χ3n) is 7.91. The second-order valence-electron chi connectivity index (χ2n) is 8.21. The topological polar surface area (TPSA) is 86.7 Å². The Bertz CT molecular complexity index is 641. The average molecular weight is 316 g/mol. The van der Waals surface area contributed by atoms with E-state index >= 15 is 0 Å². The van der Waals surface area contributed by atoms with Gasteiger partial charge >= 0.3 is 23.9 Å². The van der Waals surface area contributed by atoms with Gasteiger partial charge < -0.3 is 9.47 Å². The monoisotopic (exact) mass is 316 g/mol. The summed E-state index contributed by atoms with van der Waals surface area (Å²) in [5.74, 6) is -1.59. The van der Waals surface area contributed by atoms with Crippen molar-refractivity contribution in [2.45, 2.75) is 19.3 Å². The van der Waals surface area contributed by atoms with Gasteiger partial charge in [-0.1, -0.05) is 0 Å². The standard InChI is InChI=1S/C17H16O6/c18-14-10-4-1-2-5(11(10)15(19)22-14)9-7-3-6(8(4)9)12-13(7)17(21)23-16(12)20/h4-13H,1-3H2/t4-,5+,6+,7-,8?,9?,10-,11+,12+,13-. The van der Waals surface area contributed by atoms with Crippen LogP contribution in [0.5, 0.6) is 0 Å². The van der Waals surface area contributed by atoms with Crippen LogP contribution >= 0.6 is 0 Å². The van der Waals surface area contributed by atoms with E-state index in [4.69, 9.17) is 9.47 Å². The van der Waals surface area contributed by atoms with Crippen molar-refractivity contribution in [2.24, 2.45) is 59.2 Å². The molecule has 10 atom stereocenters. The van der Waals surface area contributed by atoms with E-state index in [2.05, 4.69) is 0 Å². The zero-order valence-corrected chi connectivity index (χ0v) is 12.3. The smallest absolute Gasteiger partial charge is 0.317 e. The first-order chi connectivity index (χ1) is 11.1. The van der Waals surface area contributed by atoms with E-state index in [1.807, 2.05) is 0 Å². The van der Waals surface area contributed by atoms with Crippen molar-refractivity contribution in [1.29, 1.82) is 0 Å². The molecule has 0 aromatic carbocycles. The van der Waals surface area contributed by atoms with E-state index in [1.54, 1.807) is 0 Å². The molecule has 4 bridgehead atoms. The summed E-state index contributed by atoms with van der Waals surface area (Å²) >= 11 is 0. The zero-order chi connectivity index (χ0) is 15.6. The number of carbonyl (C=O) groups excluding carboxylic acids is 4. The molecule has 0 N–H and O–H groups in total. The molecule has 7 rings (SSSR count). The molecular weight excluding hydrogens is 300 g/mol. The van der Waals surface area contributed by atoms with Crippen molar-refractivity contribution in [1.82, 2.24) is 0 Å². The molecule has 0 spiro atoms. The Morgan fingerprint density at radius 1 is 0.565 bits per heavy atom. The minimum Gasteiger partial charge on any atom is -0.393 e. The minimum atomic E-state index is -0.367. The molecule has 0 radical (unpaired) electrons. The normalized spacial score (nSPS) is 58.1. The lowest BCUT2D eigenvalue weighted by atomic mass is 9.46. The Balaban J connectivity index is 1.47. The van der Waals surface area contributed by atoms with Gasteiger partial charge in [-0.15, -0.1) is 0 Å². The average Bonchev–Trinajstić information content (AvgIpc) is 3.24. The maximum absolute atomic E-state index is 12.2. The molecule has 6 heteroatoms. The largest absolute Gasteiger partial charge is 0.393 e. The van der Waals surface area contributed by atoms with Gasteiger partial charge in [0.15, 0.2) is 0 Å². The van der Waals surface area contributed by atoms with E-state index in [0.29, 0.717) is 0 Å². The van der Waals surface area contributed by atoms with Gasteiger partial charge in [-0.2, -0.15) is 0 Å². The third kappa shape index (κ3) is 1.20. The molecule has 7 fully saturated rings. The van der Waals surface area contributed by atoms with E-state index in [1.165, 1.54) is 0 Å². The van der Waals surface area contributed by atoms with Gasteiger partial charge in [0.05, 0.1) is 23.7 Å². The molecule has 2 aliphatic heterocycles. The molecule has 7 aliphatic rings. The number of hydrogen-bond acceptors (Lipinski definition) is 6. The lowest BCUT2D eigenvalue weighted by Gasteiger charge is -2.55. The van der Waals surface area contributed by atoms with Gasteiger partial charge in [-0.3, -0.25) is 19.2 Å². The molecular formula is C17H16O6. The number of ether oxygens (including phenoxy) is 2. The summed E-state index contributed by atoms with van der Waals surface area (Å²) in [6.45, 7) is 0. The summed E-state index contributed by atoms with van der Waals surface area (Å²) in [6.07, 6.45) is 2.74. The van der Waals surface area contributed by atoms with Crippen molar-refractivity contribution in [3.63, 3.8) is 0 Å². The Morgan fingerprint density at radius 3 is 1.30 bits per heavy atom. The van der Waals surface area contributed by atoms with Crippen LogP contribution in [0.3, 0.4) is 0 Å². The fourth-order valence-corrected chi connectivity index (χ4v) is 7.61. The number of rotatable bonds is 0. The van der Waals surface area contributed by atoms with Crippen LogP contribution in [-0.4, -0.2) is 23.9 Å². The number of carbonyl (C=O) groups is 4. The van der Waals surface area contributed by atoms with Crippen molar-refractivity contribution in [2.75, 3.05) is 0 Å². The molecule has 0 amide bonds. The van der Waals surface area contributed by atoms with Crippen LogP contribution in [0.15, 0.2) is 0 Å². The summed E-state index contributed by atoms with van der Waals surface area (Å²) in [6, 6.07) is 0. The fourth-order valence-electron chi connectivity index (χ4n) is 7.61. The highest BCUT2D eigenvalue weighted by atomic mass is 16.6. The first-order valence-electron chi connectivity index (χ1n) is 8.59. The molecule has 0 aromatic rings. The van der Waals surface area contributed by atoms with Crippen LogP contribution in [-0.2, 0) is 28.7 Å². The number of cyclic esters (lactones) is 4. The highest BCUT2D eigenvalue weighted by molar-refractivity contribution is 5.99. The van der Waals surface area contributed by atoms with Crippen molar-refractivity contribution in [3.8, 4) is 0 Å². The second kappa shape index (κ2) is 3.68. The lowest BCUT2D eigenvalue weighted by molar-refractivity contribution is -0.155. The van der Waals surface area contributed by atoms with Gasteiger partial charge in [-0.25, -0.2) is 0 Å². The molecule has 23 heavy (non-hydrogen) atoms. The van der Waals surface area contributed by atoms with Gasteiger partial charge in [0.25, 0.3) is 0 Å². The highest BCUT2D eigenvalue weighted by Crippen LogP contribution is 2.72. The van der Waals surface area contributed by atoms with Gasteiger partial charge in [0, 0.05) is 0 Å². The molecule has 2 saturated heterocycles. The highest BCUT2D eigenvalue weighted by Gasteiger charge is 2.74. The third-order valence-corrected chi connectivity index (χ3v) is 7.91. The quantitative estimate of drug-likeness (QED) is 0.479. The van der Waals surface area contributed by atoms with Crippen LogP contribution in [0.25, 0.3) is 0 Å². The van der Waals surface area contributed by atoms with E-state index in [0.717, 1.165) is 19.3 Å². The van der Waals surface area contributed by atoms with Gasteiger partial charge in [-0.05, 0) is 54.8 Å². The van der Waals surface area contributed by atoms with Crippen LogP contribution in [0.1, 0.15) is 19.3 Å². The van der Waals surface area contributed by atoms with Gasteiger partial charge in [0.1, 0.15) is 0 Å². The summed E-state index contributed by atoms with van der Waals surface area (Å²) in [5, 5.41) is 0. The minimum absolute atomic E-state index is 0.133. The van der Waals surface area contributed by atoms with E-state index in [9.17, 15) is 19.2 Å². The Labute approximate surface area is 131 Å². The Hall–Kier alpha value is -1.72. The molecule has 5 saturated carbocycles. The summed E-state index contributed by atoms with van der Waals surface area (Å²) in [7, 11) is 0. The predicted molar refractivity (Wildman–Crippen MR) is 70.9 cm³/mol. The zero-order valence-electron chi connectivity index (χ0n) is 12.3. The summed E-state index contributed by atoms with van der Waals surface area (Å²) < 4.78 is 9.85. The van der Waals surface area contributed by atoms with E-state index in [-0.39, 0.29) is 83.1 Å².